The van der Waals surface area contributed by atoms with Gasteiger partial charge in [-0.3, -0.25) is 9.59 Å². The first kappa shape index (κ1) is 21.2. The SMILES string of the molecule is O=C(CNc1ccc(C(=O)N2CCCC2)cc1)Nc1cccc(OCC2CCCO2)c1. The lowest BCUT2D eigenvalue weighted by molar-refractivity contribution is -0.114. The summed E-state index contributed by atoms with van der Waals surface area (Å²) in [7, 11) is 0. The largest absolute Gasteiger partial charge is 0.491 e. The van der Waals surface area contributed by atoms with Crippen molar-refractivity contribution in [1.82, 2.24) is 4.90 Å². The minimum Gasteiger partial charge on any atom is -0.491 e. The van der Waals surface area contributed by atoms with Gasteiger partial charge >= 0.3 is 0 Å². The van der Waals surface area contributed by atoms with Crippen LogP contribution in [0.4, 0.5) is 11.4 Å². The predicted octanol–water partition coefficient (Wildman–Crippen LogP) is 3.53. The summed E-state index contributed by atoms with van der Waals surface area (Å²) in [4.78, 5) is 26.6. The third-order valence-corrected chi connectivity index (χ3v) is 5.56. The van der Waals surface area contributed by atoms with E-state index in [0.29, 0.717) is 23.6 Å². The van der Waals surface area contributed by atoms with Crippen molar-refractivity contribution in [2.24, 2.45) is 0 Å². The summed E-state index contributed by atoms with van der Waals surface area (Å²) in [6.45, 7) is 3.11. The van der Waals surface area contributed by atoms with Gasteiger partial charge in [-0.2, -0.15) is 0 Å². The van der Waals surface area contributed by atoms with Crippen molar-refractivity contribution in [1.29, 1.82) is 0 Å². The summed E-state index contributed by atoms with van der Waals surface area (Å²) in [5.41, 5.74) is 2.15. The highest BCUT2D eigenvalue weighted by molar-refractivity contribution is 5.95. The van der Waals surface area contributed by atoms with Crippen molar-refractivity contribution in [2.45, 2.75) is 31.8 Å². The number of hydrogen-bond acceptors (Lipinski definition) is 5. The Morgan fingerprint density at radius 3 is 2.58 bits per heavy atom. The second kappa shape index (κ2) is 10.3. The Bertz CT molecular complexity index is 888. The molecule has 0 aromatic heterocycles. The van der Waals surface area contributed by atoms with Gasteiger partial charge in [0.15, 0.2) is 0 Å². The number of anilines is 2. The molecule has 7 nitrogen and oxygen atoms in total. The molecule has 0 spiro atoms. The number of hydrogen-bond donors (Lipinski definition) is 2. The van der Waals surface area contributed by atoms with E-state index in [2.05, 4.69) is 10.6 Å². The van der Waals surface area contributed by atoms with Crippen LogP contribution >= 0.6 is 0 Å². The average Bonchev–Trinajstić information content (AvgIpc) is 3.51. The van der Waals surface area contributed by atoms with Gasteiger partial charge in [0.1, 0.15) is 12.4 Å². The number of carbonyl (C=O) groups excluding carboxylic acids is 2. The molecule has 2 fully saturated rings. The van der Waals surface area contributed by atoms with Crippen molar-refractivity contribution >= 4 is 23.2 Å². The number of rotatable bonds is 8. The molecule has 2 N–H and O–H groups in total. The van der Waals surface area contributed by atoms with Crippen LogP contribution in [0, 0.1) is 0 Å². The van der Waals surface area contributed by atoms with Crippen molar-refractivity contribution < 1.29 is 19.1 Å². The van der Waals surface area contributed by atoms with Crippen molar-refractivity contribution in [3.63, 3.8) is 0 Å². The number of ether oxygens (including phenoxy) is 2. The topological polar surface area (TPSA) is 79.9 Å². The van der Waals surface area contributed by atoms with Gasteiger partial charge in [0.05, 0.1) is 12.6 Å². The smallest absolute Gasteiger partial charge is 0.253 e. The summed E-state index contributed by atoms with van der Waals surface area (Å²) in [5.74, 6) is 0.622. The predicted molar refractivity (Wildman–Crippen MR) is 120 cm³/mol. The molecule has 2 aromatic carbocycles. The van der Waals surface area contributed by atoms with Gasteiger partial charge in [-0.15, -0.1) is 0 Å². The molecule has 2 aliphatic rings. The molecule has 0 bridgehead atoms. The zero-order valence-electron chi connectivity index (χ0n) is 17.6. The zero-order chi connectivity index (χ0) is 21.5. The van der Waals surface area contributed by atoms with Crippen LogP contribution in [-0.2, 0) is 9.53 Å². The first-order chi connectivity index (χ1) is 15.2. The maximum Gasteiger partial charge on any atom is 0.253 e. The molecule has 2 aromatic rings. The summed E-state index contributed by atoms with van der Waals surface area (Å²) < 4.78 is 11.4. The highest BCUT2D eigenvalue weighted by Gasteiger charge is 2.19. The summed E-state index contributed by atoms with van der Waals surface area (Å²) in [6, 6.07) is 14.6. The van der Waals surface area contributed by atoms with Gasteiger partial charge in [-0.05, 0) is 62.1 Å². The van der Waals surface area contributed by atoms with Crippen LogP contribution in [0.3, 0.4) is 0 Å². The van der Waals surface area contributed by atoms with E-state index in [-0.39, 0.29) is 24.5 Å². The van der Waals surface area contributed by atoms with Gasteiger partial charge in [-0.1, -0.05) is 6.07 Å². The van der Waals surface area contributed by atoms with E-state index in [1.54, 1.807) is 12.1 Å². The standard InChI is InChI=1S/C24H29N3O4/c28-23(26-20-5-3-6-21(15-20)31-17-22-7-4-14-30-22)16-25-19-10-8-18(9-11-19)24(29)27-12-1-2-13-27/h3,5-6,8-11,15,22,25H,1-2,4,7,12-14,16-17H2,(H,26,28). The van der Waals surface area contributed by atoms with E-state index in [9.17, 15) is 9.59 Å². The number of amides is 2. The fraction of sp³-hybridized carbons (Fsp3) is 0.417. The van der Waals surface area contributed by atoms with Crippen LogP contribution < -0.4 is 15.4 Å². The fourth-order valence-corrected chi connectivity index (χ4v) is 3.85. The Kier molecular flexibility index (Phi) is 7.04. The lowest BCUT2D eigenvalue weighted by Gasteiger charge is -2.15. The number of nitrogens with one attached hydrogen (secondary N) is 2. The van der Waals surface area contributed by atoms with E-state index >= 15 is 0 Å². The molecule has 0 radical (unpaired) electrons. The Morgan fingerprint density at radius 2 is 1.84 bits per heavy atom. The maximum atomic E-state index is 12.4. The number of nitrogens with zero attached hydrogens (tertiary/aromatic N) is 1. The first-order valence-corrected chi connectivity index (χ1v) is 10.9. The first-order valence-electron chi connectivity index (χ1n) is 10.9. The van der Waals surface area contributed by atoms with Crippen LogP contribution in [-0.4, -0.2) is 55.7 Å². The van der Waals surface area contributed by atoms with Crippen molar-refractivity contribution in [3.8, 4) is 5.75 Å². The molecule has 1 atom stereocenters. The monoisotopic (exact) mass is 423 g/mol. The van der Waals surface area contributed by atoms with Gasteiger partial charge in [-0.25, -0.2) is 0 Å². The summed E-state index contributed by atoms with van der Waals surface area (Å²) >= 11 is 0. The molecule has 4 rings (SSSR count). The molecular weight excluding hydrogens is 394 g/mol. The van der Waals surface area contributed by atoms with Gasteiger partial charge in [0.25, 0.3) is 5.91 Å². The average molecular weight is 424 g/mol. The Morgan fingerprint density at radius 1 is 1.03 bits per heavy atom. The molecule has 0 saturated carbocycles. The molecular formula is C24H29N3O4. The van der Waals surface area contributed by atoms with Gasteiger partial charge in [0, 0.05) is 42.7 Å². The molecule has 2 heterocycles. The number of likely N-dealkylation sites (tertiary alicyclic amines) is 1. The van der Waals surface area contributed by atoms with Gasteiger partial charge in [0.2, 0.25) is 5.91 Å². The second-order valence-corrected chi connectivity index (χ2v) is 7.95. The summed E-state index contributed by atoms with van der Waals surface area (Å²) in [6.07, 6.45) is 4.40. The molecule has 1 unspecified atom stereocenters. The van der Waals surface area contributed by atoms with E-state index in [4.69, 9.17) is 9.47 Å². The molecule has 2 aliphatic heterocycles. The van der Waals surface area contributed by atoms with Crippen LogP contribution in [0.5, 0.6) is 5.75 Å². The second-order valence-electron chi connectivity index (χ2n) is 7.95. The van der Waals surface area contributed by atoms with Gasteiger partial charge < -0.3 is 25.0 Å². The Balaban J connectivity index is 1.23. The van der Waals surface area contributed by atoms with E-state index in [1.807, 2.05) is 41.3 Å². The molecule has 7 heteroatoms. The Labute approximate surface area is 182 Å². The molecule has 2 amide bonds. The lowest BCUT2D eigenvalue weighted by Crippen LogP contribution is -2.27. The van der Waals surface area contributed by atoms with Crippen LogP contribution in [0.2, 0.25) is 0 Å². The summed E-state index contributed by atoms with van der Waals surface area (Å²) in [5, 5.41) is 5.97. The molecule has 164 valence electrons. The van der Waals surface area contributed by atoms with Crippen LogP contribution in [0.1, 0.15) is 36.0 Å². The lowest BCUT2D eigenvalue weighted by atomic mass is 10.2. The zero-order valence-corrected chi connectivity index (χ0v) is 17.6. The van der Waals surface area contributed by atoms with E-state index < -0.39 is 0 Å². The third-order valence-electron chi connectivity index (χ3n) is 5.56. The van der Waals surface area contributed by atoms with Crippen LogP contribution in [0.15, 0.2) is 48.5 Å². The normalized spacial score (nSPS) is 18.1. The minimum atomic E-state index is -0.159. The van der Waals surface area contributed by atoms with Crippen LogP contribution in [0.25, 0.3) is 0 Å². The quantitative estimate of drug-likeness (QED) is 0.679. The number of benzene rings is 2. The highest BCUT2D eigenvalue weighted by atomic mass is 16.5. The maximum absolute atomic E-state index is 12.4. The fourth-order valence-electron chi connectivity index (χ4n) is 3.85. The van der Waals surface area contributed by atoms with Crippen molar-refractivity contribution in [2.75, 3.05) is 43.5 Å². The molecule has 0 aliphatic carbocycles. The molecule has 2 saturated heterocycles. The Hall–Kier alpha value is -3.06. The third kappa shape index (κ3) is 5.98. The molecule has 31 heavy (non-hydrogen) atoms. The number of carbonyl (C=O) groups is 2. The van der Waals surface area contributed by atoms with Crippen molar-refractivity contribution in [3.05, 3.63) is 54.1 Å². The highest BCUT2D eigenvalue weighted by Crippen LogP contribution is 2.20. The van der Waals surface area contributed by atoms with E-state index in [0.717, 1.165) is 51.1 Å². The minimum absolute atomic E-state index is 0.0726. The van der Waals surface area contributed by atoms with E-state index in [1.165, 1.54) is 0 Å².